The molecule has 1 unspecified atom stereocenters. The van der Waals surface area contributed by atoms with Crippen LogP contribution in [0.2, 0.25) is 0 Å². The van der Waals surface area contributed by atoms with Gasteiger partial charge in [0, 0.05) is 19.6 Å². The predicted octanol–water partition coefficient (Wildman–Crippen LogP) is 1.44. The topological polar surface area (TPSA) is 49.4 Å². The van der Waals surface area contributed by atoms with Gasteiger partial charge in [-0.3, -0.25) is 0 Å². The first-order valence-electron chi connectivity index (χ1n) is 7.05. The van der Waals surface area contributed by atoms with Crippen LogP contribution in [0.3, 0.4) is 0 Å². The van der Waals surface area contributed by atoms with Crippen molar-refractivity contribution in [2.75, 3.05) is 32.4 Å². The first-order chi connectivity index (χ1) is 8.39. The van der Waals surface area contributed by atoms with Crippen LogP contribution in [-0.2, 0) is 10.0 Å². The molecule has 0 aromatic rings. The van der Waals surface area contributed by atoms with E-state index >= 15 is 0 Å². The van der Waals surface area contributed by atoms with Crippen LogP contribution in [0.1, 0.15) is 39.0 Å². The van der Waals surface area contributed by atoms with Gasteiger partial charge in [-0.25, -0.2) is 12.7 Å². The van der Waals surface area contributed by atoms with E-state index < -0.39 is 10.0 Å². The molecule has 5 heteroatoms. The molecule has 0 radical (unpaired) electrons. The van der Waals surface area contributed by atoms with E-state index in [2.05, 4.69) is 12.2 Å². The van der Waals surface area contributed by atoms with Crippen LogP contribution in [-0.4, -0.2) is 45.2 Å². The number of sulfonamides is 1. The van der Waals surface area contributed by atoms with Crippen LogP contribution in [0.5, 0.6) is 0 Å². The predicted molar refractivity (Wildman–Crippen MR) is 74.0 cm³/mol. The molecule has 18 heavy (non-hydrogen) atoms. The molecular formula is C13H26N2O2S. The molecule has 1 saturated carbocycles. The molecule has 106 valence electrons. The highest BCUT2D eigenvalue weighted by atomic mass is 32.2. The highest BCUT2D eigenvalue weighted by Gasteiger charge is 2.32. The Kier molecular flexibility index (Phi) is 4.34. The molecule has 1 saturated heterocycles. The maximum absolute atomic E-state index is 11.5. The van der Waals surface area contributed by atoms with Gasteiger partial charge in [0.05, 0.1) is 6.26 Å². The lowest BCUT2D eigenvalue weighted by Gasteiger charge is -2.39. The van der Waals surface area contributed by atoms with E-state index in [0.29, 0.717) is 24.4 Å². The number of hydrogen-bond donors (Lipinski definition) is 1. The molecule has 0 aromatic heterocycles. The molecule has 1 heterocycles. The average molecular weight is 274 g/mol. The summed E-state index contributed by atoms with van der Waals surface area (Å²) in [6.45, 7) is 5.78. The quantitative estimate of drug-likeness (QED) is 0.825. The van der Waals surface area contributed by atoms with Crippen LogP contribution in [0.25, 0.3) is 0 Å². The normalized spacial score (nSPS) is 28.9. The second-order valence-electron chi connectivity index (χ2n) is 6.42. The SMILES string of the molecule is CC1(CNCC2CCCN(S(C)(=O)=O)C2)CCC1. The Morgan fingerprint density at radius 2 is 2.06 bits per heavy atom. The van der Waals surface area contributed by atoms with Gasteiger partial charge in [-0.2, -0.15) is 0 Å². The van der Waals surface area contributed by atoms with E-state index in [9.17, 15) is 8.42 Å². The van der Waals surface area contributed by atoms with Crippen molar-refractivity contribution in [3.63, 3.8) is 0 Å². The highest BCUT2D eigenvalue weighted by molar-refractivity contribution is 7.88. The fraction of sp³-hybridized carbons (Fsp3) is 1.00. The monoisotopic (exact) mass is 274 g/mol. The van der Waals surface area contributed by atoms with Crippen molar-refractivity contribution in [3.8, 4) is 0 Å². The number of rotatable bonds is 5. The van der Waals surface area contributed by atoms with Crippen molar-refractivity contribution in [2.24, 2.45) is 11.3 Å². The molecule has 0 amide bonds. The molecule has 1 N–H and O–H groups in total. The molecule has 0 bridgehead atoms. The van der Waals surface area contributed by atoms with Crippen molar-refractivity contribution in [1.82, 2.24) is 9.62 Å². The molecule has 0 spiro atoms. The first-order valence-corrected chi connectivity index (χ1v) is 8.90. The Bertz CT molecular complexity index is 376. The average Bonchev–Trinajstić information content (AvgIpc) is 2.26. The summed E-state index contributed by atoms with van der Waals surface area (Å²) in [5.41, 5.74) is 0.505. The van der Waals surface area contributed by atoms with E-state index in [0.717, 1.165) is 25.9 Å². The minimum Gasteiger partial charge on any atom is -0.316 e. The summed E-state index contributed by atoms with van der Waals surface area (Å²) < 4.78 is 24.7. The van der Waals surface area contributed by atoms with E-state index in [4.69, 9.17) is 0 Å². The molecule has 2 aliphatic rings. The number of hydrogen-bond acceptors (Lipinski definition) is 3. The summed E-state index contributed by atoms with van der Waals surface area (Å²) in [5, 5.41) is 3.55. The van der Waals surface area contributed by atoms with Gasteiger partial charge in [-0.15, -0.1) is 0 Å². The van der Waals surface area contributed by atoms with Crippen LogP contribution in [0, 0.1) is 11.3 Å². The smallest absolute Gasteiger partial charge is 0.211 e. The van der Waals surface area contributed by atoms with Gasteiger partial charge in [0.15, 0.2) is 0 Å². The number of nitrogens with zero attached hydrogens (tertiary/aromatic N) is 1. The van der Waals surface area contributed by atoms with Crippen molar-refractivity contribution in [3.05, 3.63) is 0 Å². The third kappa shape index (κ3) is 3.68. The van der Waals surface area contributed by atoms with Gasteiger partial charge >= 0.3 is 0 Å². The standard InChI is InChI=1S/C13H26N2O2S/c1-13(6-4-7-13)11-14-9-12-5-3-8-15(10-12)18(2,16)17/h12,14H,3-11H2,1-2H3. The van der Waals surface area contributed by atoms with E-state index in [-0.39, 0.29) is 0 Å². The van der Waals surface area contributed by atoms with E-state index in [1.165, 1.54) is 25.5 Å². The number of nitrogens with one attached hydrogen (secondary N) is 1. The fourth-order valence-electron chi connectivity index (χ4n) is 3.03. The minimum atomic E-state index is -3.00. The van der Waals surface area contributed by atoms with Gasteiger partial charge in [0.2, 0.25) is 10.0 Å². The lowest BCUT2D eigenvalue weighted by Crippen LogP contribution is -2.44. The molecule has 2 fully saturated rings. The zero-order valence-corrected chi connectivity index (χ0v) is 12.4. The van der Waals surface area contributed by atoms with Gasteiger partial charge in [-0.1, -0.05) is 13.3 Å². The molecule has 1 aliphatic carbocycles. The summed E-state index contributed by atoms with van der Waals surface area (Å²) in [6.07, 6.45) is 7.49. The Morgan fingerprint density at radius 3 is 2.61 bits per heavy atom. The van der Waals surface area contributed by atoms with Gasteiger partial charge in [0.1, 0.15) is 0 Å². The van der Waals surface area contributed by atoms with Crippen LogP contribution < -0.4 is 5.32 Å². The molecule has 1 atom stereocenters. The molecule has 0 aromatic carbocycles. The Labute approximate surface area is 111 Å². The Hall–Kier alpha value is -0.130. The summed E-state index contributed by atoms with van der Waals surface area (Å²) in [5.74, 6) is 0.483. The lowest BCUT2D eigenvalue weighted by molar-refractivity contribution is 0.150. The zero-order chi connectivity index (χ0) is 13.2. The van der Waals surface area contributed by atoms with Crippen LogP contribution in [0.4, 0.5) is 0 Å². The maximum atomic E-state index is 11.5. The van der Waals surface area contributed by atoms with E-state index in [1.807, 2.05) is 0 Å². The summed E-state index contributed by atoms with van der Waals surface area (Å²) >= 11 is 0. The fourth-order valence-corrected chi connectivity index (χ4v) is 3.97. The summed E-state index contributed by atoms with van der Waals surface area (Å²) in [4.78, 5) is 0. The molecule has 1 aliphatic heterocycles. The van der Waals surface area contributed by atoms with Gasteiger partial charge in [0.25, 0.3) is 0 Å². The third-order valence-electron chi connectivity index (χ3n) is 4.50. The largest absolute Gasteiger partial charge is 0.316 e. The third-order valence-corrected chi connectivity index (χ3v) is 5.77. The first kappa shape index (κ1) is 14.3. The molecule has 2 rings (SSSR count). The number of piperidine rings is 1. The van der Waals surface area contributed by atoms with Crippen LogP contribution >= 0.6 is 0 Å². The lowest BCUT2D eigenvalue weighted by atomic mass is 9.70. The minimum absolute atomic E-state index is 0.483. The van der Waals surface area contributed by atoms with Gasteiger partial charge < -0.3 is 5.32 Å². The van der Waals surface area contributed by atoms with Crippen molar-refractivity contribution in [1.29, 1.82) is 0 Å². The molecule has 4 nitrogen and oxygen atoms in total. The summed E-state index contributed by atoms with van der Waals surface area (Å²) in [7, 11) is -3.00. The Balaban J connectivity index is 1.72. The van der Waals surface area contributed by atoms with Crippen molar-refractivity contribution < 1.29 is 8.42 Å². The van der Waals surface area contributed by atoms with Crippen molar-refractivity contribution in [2.45, 2.75) is 39.0 Å². The maximum Gasteiger partial charge on any atom is 0.211 e. The van der Waals surface area contributed by atoms with Gasteiger partial charge in [-0.05, 0) is 43.6 Å². The van der Waals surface area contributed by atoms with E-state index in [1.54, 1.807) is 4.31 Å². The van der Waals surface area contributed by atoms with Crippen LogP contribution in [0.15, 0.2) is 0 Å². The zero-order valence-electron chi connectivity index (χ0n) is 11.6. The molecular weight excluding hydrogens is 248 g/mol. The summed E-state index contributed by atoms with van der Waals surface area (Å²) in [6, 6.07) is 0. The highest BCUT2D eigenvalue weighted by Crippen LogP contribution is 2.39. The van der Waals surface area contributed by atoms with Crippen molar-refractivity contribution >= 4 is 10.0 Å². The Morgan fingerprint density at radius 1 is 1.33 bits per heavy atom. The second-order valence-corrected chi connectivity index (χ2v) is 8.41. The second kappa shape index (κ2) is 5.47.